The highest BCUT2D eigenvalue weighted by Crippen LogP contribution is 2.19. The molecule has 0 radical (unpaired) electrons. The van der Waals surface area contributed by atoms with Crippen LogP contribution in [0.4, 0.5) is 18.9 Å². The maximum atomic E-state index is 13.6. The molecule has 0 bridgehead atoms. The van der Waals surface area contributed by atoms with Gasteiger partial charge in [0.2, 0.25) is 16.6 Å². The Labute approximate surface area is 173 Å². The van der Waals surface area contributed by atoms with Crippen LogP contribution in [0.1, 0.15) is 23.4 Å². The third kappa shape index (κ3) is 4.48. The van der Waals surface area contributed by atoms with Crippen molar-refractivity contribution < 1.29 is 22.8 Å². The van der Waals surface area contributed by atoms with Crippen LogP contribution >= 0.6 is 12.2 Å². The molecule has 2 amide bonds. The molecule has 30 heavy (non-hydrogen) atoms. The number of nitrogens with zero attached hydrogens (tertiary/aromatic N) is 3. The third-order valence-corrected chi connectivity index (χ3v) is 4.63. The topological polar surface area (TPSA) is 104 Å². The Balaban J connectivity index is 1.56. The molecule has 0 aliphatic carbocycles. The number of nitrogens with one attached hydrogen (secondary N) is 3. The monoisotopic (exact) mass is 438 g/mol. The van der Waals surface area contributed by atoms with Crippen LogP contribution in [0.3, 0.4) is 0 Å². The van der Waals surface area contributed by atoms with E-state index >= 15 is 0 Å². The van der Waals surface area contributed by atoms with Gasteiger partial charge in [-0.2, -0.15) is 4.98 Å². The van der Waals surface area contributed by atoms with Crippen LogP contribution in [0.2, 0.25) is 0 Å². The molecule has 0 unspecified atom stereocenters. The van der Waals surface area contributed by atoms with Gasteiger partial charge >= 0.3 is 0 Å². The first-order valence-corrected chi connectivity index (χ1v) is 9.23. The summed E-state index contributed by atoms with van der Waals surface area (Å²) in [5.74, 6) is -5.34. The van der Waals surface area contributed by atoms with Gasteiger partial charge in [-0.05, 0) is 50.2 Å². The summed E-state index contributed by atoms with van der Waals surface area (Å²) in [7, 11) is 0. The molecule has 0 saturated heterocycles. The predicted molar refractivity (Wildman–Crippen MR) is 104 cm³/mol. The van der Waals surface area contributed by atoms with E-state index in [0.29, 0.717) is 28.7 Å². The van der Waals surface area contributed by atoms with Gasteiger partial charge in [-0.3, -0.25) is 14.7 Å². The van der Waals surface area contributed by atoms with E-state index in [4.69, 9.17) is 12.2 Å². The molecule has 0 aliphatic heterocycles. The number of carbonyl (C=O) groups excluding carboxylic acids is 2. The van der Waals surface area contributed by atoms with E-state index in [1.165, 1.54) is 0 Å². The second kappa shape index (κ2) is 8.61. The second-order valence-electron chi connectivity index (χ2n) is 6.47. The summed E-state index contributed by atoms with van der Waals surface area (Å²) in [5, 5.41) is 7.35. The maximum absolute atomic E-state index is 13.6. The van der Waals surface area contributed by atoms with Gasteiger partial charge in [0.15, 0.2) is 17.5 Å². The molecule has 3 aromatic rings. The number of anilines is 1. The SMILES string of the molecule is Cc1nc2nc(=S)[nH]n2c(C)c1CCC(=O)NCC(=O)Nc1ccc(F)c(F)c1F. The number of fused-ring (bicyclic) bond motifs is 1. The van der Waals surface area contributed by atoms with E-state index in [1.54, 1.807) is 11.4 Å². The first-order valence-electron chi connectivity index (χ1n) is 8.82. The molecule has 2 aromatic heterocycles. The molecule has 12 heteroatoms. The summed E-state index contributed by atoms with van der Waals surface area (Å²) < 4.78 is 41.6. The van der Waals surface area contributed by atoms with Crippen molar-refractivity contribution >= 4 is 35.5 Å². The standard InChI is InChI=1S/C18H17F3N6O2S/c1-8-10(9(2)27-17(23-8)25-18(30)26-27)3-6-13(28)22-7-14(29)24-12-5-4-11(19)15(20)16(12)21/h4-5H,3,6-7H2,1-2H3,(H,22,28)(H,24,29)(H,26,30). The van der Waals surface area contributed by atoms with Crippen LogP contribution in [-0.4, -0.2) is 37.9 Å². The van der Waals surface area contributed by atoms with Gasteiger partial charge in [-0.25, -0.2) is 22.7 Å². The largest absolute Gasteiger partial charge is 0.347 e. The zero-order valence-electron chi connectivity index (χ0n) is 16.0. The number of hydrogen-bond donors (Lipinski definition) is 3. The highest BCUT2D eigenvalue weighted by atomic mass is 32.1. The zero-order valence-corrected chi connectivity index (χ0v) is 16.8. The summed E-state index contributed by atoms with van der Waals surface area (Å²) in [6.07, 6.45) is 0.418. The normalized spacial score (nSPS) is 11.0. The van der Waals surface area contributed by atoms with Crippen molar-refractivity contribution in [3.05, 3.63) is 51.3 Å². The van der Waals surface area contributed by atoms with Crippen molar-refractivity contribution in [2.24, 2.45) is 0 Å². The molecule has 8 nitrogen and oxygen atoms in total. The molecule has 3 N–H and O–H groups in total. The zero-order chi connectivity index (χ0) is 22.0. The Kier molecular flexibility index (Phi) is 6.15. The van der Waals surface area contributed by atoms with Gasteiger partial charge in [0.05, 0.1) is 12.2 Å². The van der Waals surface area contributed by atoms with E-state index in [0.717, 1.165) is 17.3 Å². The van der Waals surface area contributed by atoms with Crippen LogP contribution < -0.4 is 10.6 Å². The smallest absolute Gasteiger partial charge is 0.252 e. The Morgan fingerprint density at radius 2 is 1.87 bits per heavy atom. The summed E-state index contributed by atoms with van der Waals surface area (Å²) in [6, 6.07) is 1.58. The lowest BCUT2D eigenvalue weighted by Gasteiger charge is -2.11. The van der Waals surface area contributed by atoms with E-state index < -0.39 is 41.5 Å². The van der Waals surface area contributed by atoms with Crippen LogP contribution in [0.25, 0.3) is 5.78 Å². The fourth-order valence-electron chi connectivity index (χ4n) is 2.92. The lowest BCUT2D eigenvalue weighted by Crippen LogP contribution is -2.33. The number of aromatic nitrogens is 4. The average molecular weight is 438 g/mol. The molecule has 0 spiro atoms. The van der Waals surface area contributed by atoms with Crippen LogP contribution in [0, 0.1) is 36.1 Å². The highest BCUT2D eigenvalue weighted by molar-refractivity contribution is 7.71. The fourth-order valence-corrected chi connectivity index (χ4v) is 3.09. The number of H-pyrrole nitrogens is 1. The van der Waals surface area contributed by atoms with Crippen LogP contribution in [-0.2, 0) is 16.0 Å². The Morgan fingerprint density at radius 1 is 1.13 bits per heavy atom. The molecule has 1 aromatic carbocycles. The van der Waals surface area contributed by atoms with E-state index in [1.807, 2.05) is 6.92 Å². The Morgan fingerprint density at radius 3 is 2.60 bits per heavy atom. The number of rotatable bonds is 6. The third-order valence-electron chi connectivity index (χ3n) is 4.44. The van der Waals surface area contributed by atoms with Crippen molar-refractivity contribution in [2.75, 3.05) is 11.9 Å². The quantitative estimate of drug-likeness (QED) is 0.405. The van der Waals surface area contributed by atoms with Crippen molar-refractivity contribution in [3.63, 3.8) is 0 Å². The number of halogens is 3. The molecule has 158 valence electrons. The van der Waals surface area contributed by atoms with Crippen molar-refractivity contribution in [1.82, 2.24) is 24.9 Å². The molecule has 0 atom stereocenters. The van der Waals surface area contributed by atoms with Crippen molar-refractivity contribution in [1.29, 1.82) is 0 Å². The van der Waals surface area contributed by atoms with Gasteiger partial charge in [0, 0.05) is 17.8 Å². The minimum Gasteiger partial charge on any atom is -0.347 e. The minimum absolute atomic E-state index is 0.0666. The first kappa shape index (κ1) is 21.4. The number of carbonyl (C=O) groups is 2. The highest BCUT2D eigenvalue weighted by Gasteiger charge is 2.16. The molecule has 0 saturated carbocycles. The number of benzene rings is 1. The molecule has 2 heterocycles. The van der Waals surface area contributed by atoms with Crippen LogP contribution in [0.15, 0.2) is 12.1 Å². The Bertz CT molecular complexity index is 1210. The van der Waals surface area contributed by atoms with Gasteiger partial charge in [-0.15, -0.1) is 0 Å². The van der Waals surface area contributed by atoms with Gasteiger partial charge in [0.25, 0.3) is 5.78 Å². The molecule has 0 aliphatic rings. The van der Waals surface area contributed by atoms with Gasteiger partial charge < -0.3 is 10.6 Å². The lowest BCUT2D eigenvalue weighted by molar-refractivity contribution is -0.124. The average Bonchev–Trinajstić information content (AvgIpc) is 3.07. The van der Waals surface area contributed by atoms with E-state index in [9.17, 15) is 22.8 Å². The Hall–Kier alpha value is -3.28. The molecule has 3 rings (SSSR count). The molecule has 0 fully saturated rings. The second-order valence-corrected chi connectivity index (χ2v) is 6.86. The van der Waals surface area contributed by atoms with Crippen LogP contribution in [0.5, 0.6) is 0 Å². The molecular formula is C18H17F3N6O2S. The van der Waals surface area contributed by atoms with E-state index in [2.05, 4.69) is 25.7 Å². The summed E-state index contributed by atoms with van der Waals surface area (Å²) >= 11 is 5.00. The predicted octanol–water partition coefficient (Wildman–Crippen LogP) is 2.51. The first-order chi connectivity index (χ1) is 14.2. The summed E-state index contributed by atoms with van der Waals surface area (Å²) in [6.45, 7) is 3.18. The summed E-state index contributed by atoms with van der Waals surface area (Å²) in [4.78, 5) is 32.4. The number of aromatic amines is 1. The van der Waals surface area contributed by atoms with Gasteiger partial charge in [0.1, 0.15) is 0 Å². The molecular weight excluding hydrogens is 421 g/mol. The maximum Gasteiger partial charge on any atom is 0.252 e. The summed E-state index contributed by atoms with van der Waals surface area (Å²) in [5.41, 5.74) is 1.82. The lowest BCUT2D eigenvalue weighted by atomic mass is 10.1. The number of hydrogen-bond acceptors (Lipinski definition) is 5. The minimum atomic E-state index is -1.69. The number of aryl methyl sites for hydroxylation is 2. The fraction of sp³-hybridized carbons (Fsp3) is 0.278. The van der Waals surface area contributed by atoms with Gasteiger partial charge in [-0.1, -0.05) is 0 Å². The van der Waals surface area contributed by atoms with E-state index in [-0.39, 0.29) is 6.42 Å². The van der Waals surface area contributed by atoms with Crippen molar-refractivity contribution in [3.8, 4) is 0 Å². The number of amides is 2. The van der Waals surface area contributed by atoms with Crippen molar-refractivity contribution in [2.45, 2.75) is 26.7 Å².